The molecule has 6 heteroatoms. The largest absolute Gasteiger partial charge is 0.486 e. The number of ether oxygens (including phenoxy) is 2. The number of hydrogen-bond acceptors (Lipinski definition) is 5. The number of fused-ring (bicyclic) bond motifs is 1. The fourth-order valence-corrected chi connectivity index (χ4v) is 2.75. The molecule has 0 amide bonds. The van der Waals surface area contributed by atoms with Crippen LogP contribution in [-0.4, -0.2) is 29.3 Å². The Balaban J connectivity index is 1.89. The molecule has 0 bridgehead atoms. The molecule has 2 heterocycles. The van der Waals surface area contributed by atoms with Crippen molar-refractivity contribution in [2.45, 2.75) is 6.42 Å². The van der Waals surface area contributed by atoms with Crippen molar-refractivity contribution >= 4 is 17.3 Å². The predicted molar refractivity (Wildman–Crippen MR) is 69.9 cm³/mol. The van der Waals surface area contributed by atoms with Gasteiger partial charge in [-0.15, -0.1) is 11.3 Å². The lowest BCUT2D eigenvalue weighted by molar-refractivity contribution is -0.136. The van der Waals surface area contributed by atoms with E-state index in [9.17, 15) is 4.79 Å². The summed E-state index contributed by atoms with van der Waals surface area (Å²) in [4.78, 5) is 15.6. The van der Waals surface area contributed by atoms with E-state index >= 15 is 0 Å². The second-order valence-corrected chi connectivity index (χ2v) is 5.18. The average molecular weight is 277 g/mol. The summed E-state index contributed by atoms with van der Waals surface area (Å²) in [6, 6.07) is 5.62. The van der Waals surface area contributed by atoms with E-state index in [4.69, 9.17) is 14.6 Å². The third-order valence-corrected chi connectivity index (χ3v) is 3.71. The van der Waals surface area contributed by atoms with Crippen LogP contribution in [0.1, 0.15) is 4.88 Å². The molecule has 0 radical (unpaired) electrons. The van der Waals surface area contributed by atoms with E-state index < -0.39 is 5.97 Å². The highest BCUT2D eigenvalue weighted by atomic mass is 32.1. The zero-order valence-electron chi connectivity index (χ0n) is 9.96. The van der Waals surface area contributed by atoms with Crippen LogP contribution in [0.3, 0.4) is 0 Å². The van der Waals surface area contributed by atoms with E-state index in [0.717, 1.165) is 21.2 Å². The van der Waals surface area contributed by atoms with Crippen molar-refractivity contribution in [3.8, 4) is 22.1 Å². The molecule has 1 aliphatic heterocycles. The molecule has 0 unspecified atom stereocenters. The summed E-state index contributed by atoms with van der Waals surface area (Å²) < 4.78 is 11.0. The summed E-state index contributed by atoms with van der Waals surface area (Å²) in [7, 11) is 0. The third kappa shape index (κ3) is 2.53. The molecule has 2 aromatic rings. The minimum atomic E-state index is -0.850. The Labute approximate surface area is 113 Å². The van der Waals surface area contributed by atoms with Gasteiger partial charge in [0.15, 0.2) is 11.5 Å². The molecular formula is C13H11NO4S. The number of carboxylic acid groups (broad SMARTS) is 1. The summed E-state index contributed by atoms with van der Waals surface area (Å²) in [5.74, 6) is 0.591. The molecule has 0 saturated carbocycles. The molecule has 0 aliphatic carbocycles. The van der Waals surface area contributed by atoms with Gasteiger partial charge in [-0.1, -0.05) is 0 Å². The molecule has 3 rings (SSSR count). The van der Waals surface area contributed by atoms with Gasteiger partial charge in [-0.05, 0) is 18.2 Å². The lowest BCUT2D eigenvalue weighted by Crippen LogP contribution is -2.15. The maximum absolute atomic E-state index is 10.6. The minimum absolute atomic E-state index is 0.00220. The molecule has 0 spiro atoms. The van der Waals surface area contributed by atoms with Crippen molar-refractivity contribution in [1.82, 2.24) is 4.98 Å². The van der Waals surface area contributed by atoms with Crippen LogP contribution >= 0.6 is 11.3 Å². The minimum Gasteiger partial charge on any atom is -0.486 e. The van der Waals surface area contributed by atoms with Crippen molar-refractivity contribution in [2.75, 3.05) is 13.2 Å². The van der Waals surface area contributed by atoms with E-state index in [2.05, 4.69) is 4.98 Å². The first-order valence-corrected chi connectivity index (χ1v) is 6.60. The van der Waals surface area contributed by atoms with Gasteiger partial charge in [0.1, 0.15) is 18.2 Å². The molecule has 0 fully saturated rings. The van der Waals surface area contributed by atoms with Gasteiger partial charge in [-0.2, -0.15) is 0 Å². The monoisotopic (exact) mass is 277 g/mol. The van der Waals surface area contributed by atoms with Crippen LogP contribution in [0.25, 0.3) is 10.6 Å². The maximum Gasteiger partial charge on any atom is 0.308 e. The fourth-order valence-electron chi connectivity index (χ4n) is 1.85. The lowest BCUT2D eigenvalue weighted by atomic mass is 10.2. The van der Waals surface area contributed by atoms with E-state index in [1.54, 1.807) is 6.20 Å². The molecule has 1 N–H and O–H groups in total. The highest BCUT2D eigenvalue weighted by Gasteiger charge is 2.14. The molecule has 1 aromatic carbocycles. The molecule has 19 heavy (non-hydrogen) atoms. The Kier molecular flexibility index (Phi) is 3.08. The number of aliphatic carboxylic acids is 1. The van der Waals surface area contributed by atoms with Gasteiger partial charge in [-0.3, -0.25) is 4.79 Å². The first kappa shape index (κ1) is 12.0. The van der Waals surface area contributed by atoms with Crippen LogP contribution < -0.4 is 9.47 Å². The van der Waals surface area contributed by atoms with Crippen molar-refractivity contribution < 1.29 is 19.4 Å². The van der Waals surface area contributed by atoms with Crippen LogP contribution in [0.4, 0.5) is 0 Å². The van der Waals surface area contributed by atoms with Crippen molar-refractivity contribution in [3.63, 3.8) is 0 Å². The third-order valence-electron chi connectivity index (χ3n) is 2.67. The smallest absolute Gasteiger partial charge is 0.308 e. The number of carboxylic acids is 1. The Morgan fingerprint density at radius 3 is 2.89 bits per heavy atom. The SMILES string of the molecule is O=C(O)Cc1cnc(-c2ccc3c(c2)OCCO3)s1. The topological polar surface area (TPSA) is 68.7 Å². The number of thiazole rings is 1. The van der Waals surface area contributed by atoms with Gasteiger partial charge in [0.25, 0.3) is 0 Å². The van der Waals surface area contributed by atoms with E-state index in [1.165, 1.54) is 11.3 Å². The second-order valence-electron chi connectivity index (χ2n) is 4.06. The van der Waals surface area contributed by atoms with Crippen molar-refractivity contribution in [2.24, 2.45) is 0 Å². The Hall–Kier alpha value is -2.08. The average Bonchev–Trinajstić information content (AvgIpc) is 2.86. The second kappa shape index (κ2) is 4.89. The molecule has 5 nitrogen and oxygen atoms in total. The van der Waals surface area contributed by atoms with Gasteiger partial charge < -0.3 is 14.6 Å². The van der Waals surface area contributed by atoms with Crippen molar-refractivity contribution in [3.05, 3.63) is 29.3 Å². The summed E-state index contributed by atoms with van der Waals surface area (Å²) in [6.45, 7) is 1.10. The van der Waals surface area contributed by atoms with Gasteiger partial charge in [0, 0.05) is 16.6 Å². The molecule has 0 atom stereocenters. The van der Waals surface area contributed by atoms with E-state index in [-0.39, 0.29) is 6.42 Å². The summed E-state index contributed by atoms with van der Waals surface area (Å²) in [6.07, 6.45) is 1.60. The molecule has 1 aromatic heterocycles. The number of rotatable bonds is 3. The quantitative estimate of drug-likeness (QED) is 0.931. The Morgan fingerprint density at radius 2 is 2.11 bits per heavy atom. The normalized spacial score (nSPS) is 13.3. The molecule has 0 saturated heterocycles. The summed E-state index contributed by atoms with van der Waals surface area (Å²) >= 11 is 1.38. The number of nitrogens with zero attached hydrogens (tertiary/aromatic N) is 1. The number of aromatic nitrogens is 1. The Morgan fingerprint density at radius 1 is 1.32 bits per heavy atom. The summed E-state index contributed by atoms with van der Waals surface area (Å²) in [5.41, 5.74) is 0.908. The van der Waals surface area contributed by atoms with Gasteiger partial charge >= 0.3 is 5.97 Å². The van der Waals surface area contributed by atoms with Gasteiger partial charge in [-0.25, -0.2) is 4.98 Å². The van der Waals surface area contributed by atoms with E-state index in [0.29, 0.717) is 19.0 Å². The number of hydrogen-bond donors (Lipinski definition) is 1. The molecule has 1 aliphatic rings. The highest BCUT2D eigenvalue weighted by molar-refractivity contribution is 7.15. The number of benzene rings is 1. The van der Waals surface area contributed by atoms with Crippen LogP contribution in [0.15, 0.2) is 24.4 Å². The first-order chi connectivity index (χ1) is 9.22. The van der Waals surface area contributed by atoms with Crippen LogP contribution in [0, 0.1) is 0 Å². The van der Waals surface area contributed by atoms with Crippen LogP contribution in [-0.2, 0) is 11.2 Å². The zero-order chi connectivity index (χ0) is 13.2. The highest BCUT2D eigenvalue weighted by Crippen LogP contribution is 2.35. The van der Waals surface area contributed by atoms with E-state index in [1.807, 2.05) is 18.2 Å². The molecule has 98 valence electrons. The summed E-state index contributed by atoms with van der Waals surface area (Å²) in [5, 5.41) is 9.53. The maximum atomic E-state index is 10.6. The van der Waals surface area contributed by atoms with Crippen LogP contribution in [0.2, 0.25) is 0 Å². The lowest BCUT2D eigenvalue weighted by Gasteiger charge is -2.18. The zero-order valence-corrected chi connectivity index (χ0v) is 10.8. The Bertz CT molecular complexity index is 623. The standard InChI is InChI=1S/C13H11NO4S/c15-12(16)6-9-7-14-13(19-9)8-1-2-10-11(5-8)18-4-3-17-10/h1-2,5,7H,3-4,6H2,(H,15,16). The van der Waals surface area contributed by atoms with Gasteiger partial charge in [0.05, 0.1) is 6.42 Å². The van der Waals surface area contributed by atoms with Crippen molar-refractivity contribution in [1.29, 1.82) is 0 Å². The first-order valence-electron chi connectivity index (χ1n) is 5.79. The van der Waals surface area contributed by atoms with Crippen LogP contribution in [0.5, 0.6) is 11.5 Å². The van der Waals surface area contributed by atoms with Gasteiger partial charge in [0.2, 0.25) is 0 Å². The fraction of sp³-hybridized carbons (Fsp3) is 0.231. The molecular weight excluding hydrogens is 266 g/mol. The predicted octanol–water partition coefficient (Wildman–Crippen LogP) is 2.21. The number of carbonyl (C=O) groups is 1.